The third-order valence-corrected chi connectivity index (χ3v) is 6.47. The summed E-state index contributed by atoms with van der Waals surface area (Å²) in [6.45, 7) is 0.716. The van der Waals surface area contributed by atoms with Gasteiger partial charge >= 0.3 is 12.1 Å². The highest BCUT2D eigenvalue weighted by molar-refractivity contribution is 5.82. The van der Waals surface area contributed by atoms with Crippen LogP contribution in [0.5, 0.6) is 0 Å². The molecular formula is C27H26N2O4. The van der Waals surface area contributed by atoms with Crippen LogP contribution in [0.15, 0.2) is 78.9 Å². The molecule has 1 heterocycles. The van der Waals surface area contributed by atoms with E-state index in [2.05, 4.69) is 29.6 Å². The maximum Gasteiger partial charge on any atom is 0.410 e. The molecule has 3 aromatic rings. The van der Waals surface area contributed by atoms with E-state index in [4.69, 9.17) is 9.47 Å². The number of fused-ring (bicyclic) bond motifs is 3. The maximum atomic E-state index is 13.1. The molecule has 6 heteroatoms. The molecule has 6 nitrogen and oxygen atoms in total. The minimum Gasteiger partial charge on any atom is -0.460 e. The summed E-state index contributed by atoms with van der Waals surface area (Å²) in [5, 5.41) is 3.25. The molecule has 1 saturated heterocycles. The Morgan fingerprint density at radius 2 is 1.52 bits per heavy atom. The van der Waals surface area contributed by atoms with Crippen molar-refractivity contribution in [2.45, 2.75) is 31.2 Å². The Labute approximate surface area is 193 Å². The van der Waals surface area contributed by atoms with Crippen molar-refractivity contribution in [3.05, 3.63) is 95.6 Å². The molecule has 0 aromatic heterocycles. The van der Waals surface area contributed by atoms with E-state index in [-0.39, 0.29) is 24.7 Å². The number of carbonyl (C=O) groups is 2. The van der Waals surface area contributed by atoms with Crippen molar-refractivity contribution in [3.63, 3.8) is 0 Å². The Morgan fingerprint density at radius 1 is 0.909 bits per heavy atom. The average molecular weight is 443 g/mol. The SMILES string of the molecule is COC(=O)N(C1c2ccccc2-c2ccccc21)[C@@H]1CN[C@H](C(=O)OCc2ccccc2)C1. The van der Waals surface area contributed by atoms with Gasteiger partial charge in [0.05, 0.1) is 19.2 Å². The molecule has 33 heavy (non-hydrogen) atoms. The van der Waals surface area contributed by atoms with Gasteiger partial charge in [0.1, 0.15) is 12.6 Å². The van der Waals surface area contributed by atoms with Gasteiger partial charge in [-0.05, 0) is 34.2 Å². The van der Waals surface area contributed by atoms with Crippen LogP contribution in [0.3, 0.4) is 0 Å². The lowest BCUT2D eigenvalue weighted by Gasteiger charge is -2.34. The van der Waals surface area contributed by atoms with Gasteiger partial charge in [-0.15, -0.1) is 0 Å². The second-order valence-corrected chi connectivity index (χ2v) is 8.40. The molecule has 0 bridgehead atoms. The van der Waals surface area contributed by atoms with Crippen LogP contribution < -0.4 is 5.32 Å². The zero-order valence-electron chi connectivity index (χ0n) is 18.4. The molecule has 0 unspecified atom stereocenters. The predicted octanol–water partition coefficient (Wildman–Crippen LogP) is 4.30. The Kier molecular flexibility index (Phi) is 5.84. The number of amides is 1. The fourth-order valence-electron chi connectivity index (χ4n) is 4.94. The molecule has 0 spiro atoms. The number of nitrogens with one attached hydrogen (secondary N) is 1. The summed E-state index contributed by atoms with van der Waals surface area (Å²) >= 11 is 0. The number of rotatable bonds is 5. The molecule has 168 valence electrons. The molecule has 2 atom stereocenters. The van der Waals surface area contributed by atoms with Crippen LogP contribution in [-0.2, 0) is 20.9 Å². The fourth-order valence-corrected chi connectivity index (χ4v) is 4.94. The molecule has 1 aliphatic carbocycles. The summed E-state index contributed by atoms with van der Waals surface area (Å²) < 4.78 is 10.7. The van der Waals surface area contributed by atoms with E-state index in [1.807, 2.05) is 54.6 Å². The highest BCUT2D eigenvalue weighted by Gasteiger charge is 2.43. The van der Waals surface area contributed by atoms with Gasteiger partial charge in [0.25, 0.3) is 0 Å². The predicted molar refractivity (Wildman–Crippen MR) is 124 cm³/mol. The molecule has 0 radical (unpaired) electrons. The van der Waals surface area contributed by atoms with Crippen molar-refractivity contribution < 1.29 is 19.1 Å². The first-order valence-electron chi connectivity index (χ1n) is 11.2. The van der Waals surface area contributed by atoms with Gasteiger partial charge in [-0.3, -0.25) is 9.69 Å². The minimum atomic E-state index is -0.474. The van der Waals surface area contributed by atoms with Gasteiger partial charge in [-0.25, -0.2) is 4.79 Å². The highest BCUT2D eigenvalue weighted by atomic mass is 16.5. The molecule has 2 aliphatic rings. The third kappa shape index (κ3) is 3.98. The van der Waals surface area contributed by atoms with Crippen LogP contribution in [-0.4, -0.2) is 42.7 Å². The quantitative estimate of drug-likeness (QED) is 0.597. The van der Waals surface area contributed by atoms with E-state index >= 15 is 0 Å². The smallest absolute Gasteiger partial charge is 0.410 e. The number of hydrogen-bond donors (Lipinski definition) is 1. The van der Waals surface area contributed by atoms with E-state index < -0.39 is 12.1 Å². The molecule has 1 amide bonds. The first kappa shape index (κ1) is 21.2. The number of methoxy groups -OCH3 is 1. The zero-order valence-corrected chi connectivity index (χ0v) is 18.4. The largest absolute Gasteiger partial charge is 0.460 e. The average Bonchev–Trinajstić information content (AvgIpc) is 3.48. The Bertz CT molecular complexity index is 1120. The van der Waals surface area contributed by atoms with E-state index in [1.54, 1.807) is 4.90 Å². The van der Waals surface area contributed by atoms with Crippen LogP contribution in [0.2, 0.25) is 0 Å². The van der Waals surface area contributed by atoms with Crippen LogP contribution in [0.1, 0.15) is 29.2 Å². The lowest BCUT2D eigenvalue weighted by Crippen LogP contribution is -2.44. The molecular weight excluding hydrogens is 416 g/mol. The summed E-state index contributed by atoms with van der Waals surface area (Å²) in [5.41, 5.74) is 5.32. The Balaban J connectivity index is 1.38. The minimum absolute atomic E-state index is 0.212. The second kappa shape index (κ2) is 9.08. The topological polar surface area (TPSA) is 67.9 Å². The summed E-state index contributed by atoms with van der Waals surface area (Å²) in [4.78, 5) is 27.6. The van der Waals surface area contributed by atoms with Gasteiger partial charge in [-0.1, -0.05) is 78.9 Å². The van der Waals surface area contributed by atoms with Gasteiger partial charge in [0.2, 0.25) is 0 Å². The van der Waals surface area contributed by atoms with Crippen molar-refractivity contribution in [3.8, 4) is 11.1 Å². The van der Waals surface area contributed by atoms with Crippen molar-refractivity contribution in [2.75, 3.05) is 13.7 Å². The van der Waals surface area contributed by atoms with Crippen molar-refractivity contribution in [1.82, 2.24) is 10.2 Å². The molecule has 1 aliphatic heterocycles. The van der Waals surface area contributed by atoms with E-state index in [1.165, 1.54) is 7.11 Å². The third-order valence-electron chi connectivity index (χ3n) is 6.47. The highest BCUT2D eigenvalue weighted by Crippen LogP contribution is 2.47. The number of carbonyl (C=O) groups excluding carboxylic acids is 2. The lowest BCUT2D eigenvalue weighted by atomic mass is 10.0. The molecule has 1 fully saturated rings. The van der Waals surface area contributed by atoms with E-state index in [0.717, 1.165) is 27.8 Å². The van der Waals surface area contributed by atoms with Crippen LogP contribution >= 0.6 is 0 Å². The maximum absolute atomic E-state index is 13.1. The first-order chi connectivity index (χ1) is 16.2. The number of nitrogens with zero attached hydrogens (tertiary/aromatic N) is 1. The van der Waals surface area contributed by atoms with E-state index in [9.17, 15) is 9.59 Å². The second-order valence-electron chi connectivity index (χ2n) is 8.40. The standard InChI is InChI=1S/C27H26N2O4/c1-32-27(31)29(25-22-13-7-5-11-20(22)21-12-6-8-14-23(21)25)19-15-24(28-16-19)26(30)33-17-18-9-3-2-4-10-18/h2-14,19,24-25,28H,15-17H2,1H3/t19-,24-/m0/s1. The number of esters is 1. The monoisotopic (exact) mass is 442 g/mol. The Hall–Kier alpha value is -3.64. The van der Waals surface area contributed by atoms with E-state index in [0.29, 0.717) is 13.0 Å². The van der Waals surface area contributed by atoms with Crippen molar-refractivity contribution >= 4 is 12.1 Å². The first-order valence-corrected chi connectivity index (χ1v) is 11.2. The van der Waals surface area contributed by atoms with Crippen molar-refractivity contribution in [1.29, 1.82) is 0 Å². The summed E-state index contributed by atoms with van der Waals surface area (Å²) in [6, 6.07) is 24.9. The summed E-state index contributed by atoms with van der Waals surface area (Å²) in [7, 11) is 1.40. The molecule has 0 saturated carbocycles. The van der Waals surface area contributed by atoms with Crippen LogP contribution in [0, 0.1) is 0 Å². The molecule has 3 aromatic carbocycles. The number of ether oxygens (including phenoxy) is 2. The van der Waals surface area contributed by atoms with Gasteiger partial charge in [0.15, 0.2) is 0 Å². The van der Waals surface area contributed by atoms with Crippen molar-refractivity contribution in [2.24, 2.45) is 0 Å². The van der Waals surface area contributed by atoms with Crippen LogP contribution in [0.25, 0.3) is 11.1 Å². The van der Waals surface area contributed by atoms with Gasteiger partial charge in [0, 0.05) is 6.54 Å². The summed E-state index contributed by atoms with van der Waals surface area (Å²) in [6.07, 6.45) is 0.0559. The number of hydrogen-bond acceptors (Lipinski definition) is 5. The number of benzene rings is 3. The van der Waals surface area contributed by atoms with Gasteiger partial charge < -0.3 is 14.8 Å². The summed E-state index contributed by atoms with van der Waals surface area (Å²) in [5.74, 6) is -0.307. The lowest BCUT2D eigenvalue weighted by molar-refractivity contribution is -0.147. The normalized spacial score (nSPS) is 18.9. The van der Waals surface area contributed by atoms with Crippen LogP contribution in [0.4, 0.5) is 4.79 Å². The van der Waals surface area contributed by atoms with Gasteiger partial charge in [-0.2, -0.15) is 0 Å². The molecule has 5 rings (SSSR count). The fraction of sp³-hybridized carbons (Fsp3) is 0.259. The molecule has 1 N–H and O–H groups in total. The zero-order chi connectivity index (χ0) is 22.8. The Morgan fingerprint density at radius 3 is 2.15 bits per heavy atom.